The van der Waals surface area contributed by atoms with Crippen molar-refractivity contribution in [1.82, 2.24) is 4.31 Å². The minimum atomic E-state index is -3.37. The zero-order chi connectivity index (χ0) is 14.5. The number of thiocarbonyl (C=S) groups is 1. The van der Waals surface area contributed by atoms with Crippen LogP contribution >= 0.6 is 12.2 Å². The summed E-state index contributed by atoms with van der Waals surface area (Å²) in [6, 6.07) is 0. The van der Waals surface area contributed by atoms with Gasteiger partial charge in [-0.15, -0.1) is 0 Å². The number of hydrogen-bond acceptors (Lipinski definition) is 3. The van der Waals surface area contributed by atoms with Gasteiger partial charge in [0.1, 0.15) is 5.25 Å². The Bertz CT molecular complexity index is 395. The lowest BCUT2D eigenvalue weighted by Crippen LogP contribution is -2.44. The van der Waals surface area contributed by atoms with Gasteiger partial charge < -0.3 is 5.73 Å². The molecule has 2 N–H and O–H groups in total. The van der Waals surface area contributed by atoms with Crippen molar-refractivity contribution in [2.75, 3.05) is 13.1 Å². The third-order valence-electron chi connectivity index (χ3n) is 3.91. The van der Waals surface area contributed by atoms with E-state index >= 15 is 0 Å². The van der Waals surface area contributed by atoms with Crippen molar-refractivity contribution in [1.29, 1.82) is 0 Å². The Morgan fingerprint density at radius 3 is 2.58 bits per heavy atom. The van der Waals surface area contributed by atoms with Gasteiger partial charge in [-0.3, -0.25) is 0 Å². The molecule has 19 heavy (non-hydrogen) atoms. The minimum absolute atomic E-state index is 0.0943. The Labute approximate surface area is 122 Å². The van der Waals surface area contributed by atoms with E-state index in [-0.39, 0.29) is 4.99 Å². The molecular formula is C13H26N2O2S2. The molecule has 1 fully saturated rings. The van der Waals surface area contributed by atoms with Crippen molar-refractivity contribution in [3.63, 3.8) is 0 Å². The molecule has 1 rings (SSSR count). The highest BCUT2D eigenvalue weighted by molar-refractivity contribution is 7.92. The molecule has 2 unspecified atom stereocenters. The molecule has 6 heteroatoms. The summed E-state index contributed by atoms with van der Waals surface area (Å²) in [6.45, 7) is 5.23. The molecule has 0 saturated carbocycles. The van der Waals surface area contributed by atoms with E-state index in [4.69, 9.17) is 18.0 Å². The first kappa shape index (κ1) is 16.9. The molecule has 0 aromatic rings. The standard InChI is InChI=1S/C13H26N2O2S2/c1-3-6-11-7-5-9-15(10-8-11)19(16,17)12(4-2)13(14)18/h11-12H,3-10H2,1-2H3,(H2,14,18). The Morgan fingerprint density at radius 1 is 1.37 bits per heavy atom. The van der Waals surface area contributed by atoms with Gasteiger partial charge in [-0.25, -0.2) is 12.7 Å². The average Bonchev–Trinajstić information content (AvgIpc) is 2.55. The molecule has 1 heterocycles. The zero-order valence-corrected chi connectivity index (χ0v) is 13.6. The molecule has 0 spiro atoms. The van der Waals surface area contributed by atoms with E-state index in [0.717, 1.165) is 19.3 Å². The summed E-state index contributed by atoms with van der Waals surface area (Å²) in [7, 11) is -3.37. The van der Waals surface area contributed by atoms with E-state index in [1.807, 2.05) is 6.92 Å². The van der Waals surface area contributed by atoms with Gasteiger partial charge in [0.05, 0.1) is 4.99 Å². The third-order valence-corrected chi connectivity index (χ3v) is 6.74. The SMILES string of the molecule is CCCC1CCCN(S(=O)(=O)C(CC)C(N)=S)CC1. The van der Waals surface area contributed by atoms with Crippen LogP contribution in [0.1, 0.15) is 52.4 Å². The Balaban J connectivity index is 2.76. The van der Waals surface area contributed by atoms with E-state index in [1.54, 1.807) is 4.31 Å². The molecule has 2 atom stereocenters. The number of sulfonamides is 1. The predicted molar refractivity (Wildman–Crippen MR) is 83.6 cm³/mol. The monoisotopic (exact) mass is 306 g/mol. The lowest BCUT2D eigenvalue weighted by molar-refractivity contribution is 0.398. The fourth-order valence-corrected chi connectivity index (χ4v) is 5.18. The van der Waals surface area contributed by atoms with E-state index in [2.05, 4.69) is 6.92 Å². The summed E-state index contributed by atoms with van der Waals surface area (Å²) in [5.74, 6) is 0.662. The highest BCUT2D eigenvalue weighted by Crippen LogP contribution is 2.25. The Kier molecular flexibility index (Phi) is 6.69. The van der Waals surface area contributed by atoms with Crippen LogP contribution in [-0.4, -0.2) is 36.1 Å². The largest absolute Gasteiger partial charge is 0.392 e. The number of rotatable bonds is 6. The molecule has 112 valence electrons. The molecule has 0 amide bonds. The zero-order valence-electron chi connectivity index (χ0n) is 12.0. The van der Waals surface area contributed by atoms with E-state index in [0.29, 0.717) is 25.4 Å². The predicted octanol–water partition coefficient (Wildman–Crippen LogP) is 2.28. The van der Waals surface area contributed by atoms with Crippen molar-refractivity contribution >= 4 is 27.2 Å². The fourth-order valence-electron chi connectivity index (χ4n) is 2.83. The van der Waals surface area contributed by atoms with Gasteiger partial charge in [0.25, 0.3) is 0 Å². The van der Waals surface area contributed by atoms with Crippen LogP contribution in [0, 0.1) is 5.92 Å². The average molecular weight is 306 g/mol. The highest BCUT2D eigenvalue weighted by Gasteiger charge is 2.33. The van der Waals surface area contributed by atoms with Crippen molar-refractivity contribution in [3.05, 3.63) is 0 Å². The van der Waals surface area contributed by atoms with Crippen LogP contribution in [0.25, 0.3) is 0 Å². The van der Waals surface area contributed by atoms with E-state index in [1.165, 1.54) is 12.8 Å². The molecule has 0 radical (unpaired) electrons. The summed E-state index contributed by atoms with van der Waals surface area (Å²) in [5, 5.41) is -0.703. The van der Waals surface area contributed by atoms with E-state index in [9.17, 15) is 8.42 Å². The molecule has 1 aliphatic heterocycles. The maximum atomic E-state index is 12.5. The molecule has 1 saturated heterocycles. The summed E-state index contributed by atoms with van der Waals surface area (Å²) in [6.07, 6.45) is 5.84. The van der Waals surface area contributed by atoms with Gasteiger partial charge in [0.15, 0.2) is 0 Å². The van der Waals surface area contributed by atoms with Crippen LogP contribution in [0.2, 0.25) is 0 Å². The molecular weight excluding hydrogens is 280 g/mol. The maximum Gasteiger partial charge on any atom is 0.223 e. The topological polar surface area (TPSA) is 63.4 Å². The first-order valence-electron chi connectivity index (χ1n) is 7.21. The van der Waals surface area contributed by atoms with Crippen LogP contribution in [-0.2, 0) is 10.0 Å². The van der Waals surface area contributed by atoms with Crippen molar-refractivity contribution < 1.29 is 8.42 Å². The highest BCUT2D eigenvalue weighted by atomic mass is 32.2. The van der Waals surface area contributed by atoms with Gasteiger partial charge in [0, 0.05) is 13.1 Å². The van der Waals surface area contributed by atoms with Crippen LogP contribution in [0.3, 0.4) is 0 Å². The molecule has 0 bridgehead atoms. The molecule has 0 aromatic heterocycles. The normalized spacial score (nSPS) is 23.8. The Morgan fingerprint density at radius 2 is 2.05 bits per heavy atom. The number of nitrogens with zero attached hydrogens (tertiary/aromatic N) is 1. The van der Waals surface area contributed by atoms with E-state index < -0.39 is 15.3 Å². The first-order valence-corrected chi connectivity index (χ1v) is 9.12. The second-order valence-corrected chi connectivity index (χ2v) is 7.92. The van der Waals surface area contributed by atoms with Gasteiger partial charge in [-0.2, -0.15) is 0 Å². The molecule has 4 nitrogen and oxygen atoms in total. The van der Waals surface area contributed by atoms with Gasteiger partial charge in [-0.1, -0.05) is 38.9 Å². The second-order valence-electron chi connectivity index (χ2n) is 5.33. The van der Waals surface area contributed by atoms with Crippen molar-refractivity contribution in [2.45, 2.75) is 57.6 Å². The molecule has 0 aliphatic carbocycles. The van der Waals surface area contributed by atoms with Crippen LogP contribution in [0.15, 0.2) is 0 Å². The summed E-state index contributed by atoms with van der Waals surface area (Å²) < 4.78 is 26.7. The van der Waals surface area contributed by atoms with Crippen LogP contribution < -0.4 is 5.73 Å². The third kappa shape index (κ3) is 4.39. The fraction of sp³-hybridized carbons (Fsp3) is 0.923. The van der Waals surface area contributed by atoms with Crippen molar-refractivity contribution in [3.8, 4) is 0 Å². The summed E-state index contributed by atoms with van der Waals surface area (Å²) in [4.78, 5) is 0.0943. The quantitative estimate of drug-likeness (QED) is 0.765. The van der Waals surface area contributed by atoms with Crippen molar-refractivity contribution in [2.24, 2.45) is 11.7 Å². The lowest BCUT2D eigenvalue weighted by atomic mass is 9.96. The second kappa shape index (κ2) is 7.55. The Hall–Kier alpha value is -0.200. The lowest BCUT2D eigenvalue weighted by Gasteiger charge is -2.25. The van der Waals surface area contributed by atoms with Gasteiger partial charge >= 0.3 is 0 Å². The summed E-state index contributed by atoms with van der Waals surface area (Å²) in [5.41, 5.74) is 5.58. The van der Waals surface area contributed by atoms with Crippen LogP contribution in [0.5, 0.6) is 0 Å². The first-order chi connectivity index (χ1) is 8.93. The smallest absolute Gasteiger partial charge is 0.223 e. The van der Waals surface area contributed by atoms with Gasteiger partial charge in [0.2, 0.25) is 10.0 Å². The number of hydrogen-bond donors (Lipinski definition) is 1. The minimum Gasteiger partial charge on any atom is -0.392 e. The maximum absolute atomic E-state index is 12.5. The molecule has 1 aliphatic rings. The summed E-state index contributed by atoms with van der Waals surface area (Å²) >= 11 is 4.90. The number of nitrogens with two attached hydrogens (primary N) is 1. The molecule has 0 aromatic carbocycles. The van der Waals surface area contributed by atoms with Crippen LogP contribution in [0.4, 0.5) is 0 Å². The van der Waals surface area contributed by atoms with Gasteiger partial charge in [-0.05, 0) is 31.6 Å².